The minimum absolute atomic E-state index is 0.166. The van der Waals surface area contributed by atoms with E-state index >= 15 is 0 Å². The number of halogens is 1. The number of hydrogen-bond acceptors (Lipinski definition) is 6. The molecule has 0 aliphatic carbocycles. The second-order valence-electron chi connectivity index (χ2n) is 14.7. The molecule has 298 valence electrons. The van der Waals surface area contributed by atoms with E-state index in [-0.39, 0.29) is 41.9 Å². The molecule has 12 heteroatoms. The van der Waals surface area contributed by atoms with Gasteiger partial charge in [-0.25, -0.2) is 13.8 Å². The first-order valence-electron chi connectivity index (χ1n) is 19.9. The van der Waals surface area contributed by atoms with Gasteiger partial charge in [-0.05, 0) is 91.9 Å². The lowest BCUT2D eigenvalue weighted by Crippen LogP contribution is -2.46. The second-order valence-corrected chi connectivity index (χ2v) is 14.7. The van der Waals surface area contributed by atoms with Crippen molar-refractivity contribution >= 4 is 23.4 Å². The van der Waals surface area contributed by atoms with E-state index in [1.165, 1.54) is 16.8 Å². The minimum atomic E-state index is -0.507. The number of carbonyl (C=O) groups is 3. The maximum atomic E-state index is 14.8. The van der Waals surface area contributed by atoms with Gasteiger partial charge in [-0.3, -0.25) is 14.4 Å². The van der Waals surface area contributed by atoms with Gasteiger partial charge < -0.3 is 20.2 Å². The van der Waals surface area contributed by atoms with Gasteiger partial charge in [0, 0.05) is 36.6 Å². The number of aliphatic hydroxyl groups excluding tert-OH is 1. The first-order chi connectivity index (χ1) is 28.2. The largest absolute Gasteiger partial charge is 0.394 e. The van der Waals surface area contributed by atoms with E-state index in [2.05, 4.69) is 19.2 Å². The number of unbranched alkanes of at least 4 members (excludes halogenated alkanes) is 2. The molecule has 0 radical (unpaired) electrons. The van der Waals surface area contributed by atoms with Crippen LogP contribution in [0, 0.1) is 12.7 Å². The number of aromatic nitrogens is 4. The van der Waals surface area contributed by atoms with Crippen molar-refractivity contribution in [2.24, 2.45) is 0 Å². The van der Waals surface area contributed by atoms with Crippen LogP contribution in [0.3, 0.4) is 0 Å². The molecule has 3 amide bonds. The number of rotatable bonds is 14. The predicted octanol–water partition coefficient (Wildman–Crippen LogP) is 8.03. The third-order valence-electron chi connectivity index (χ3n) is 10.6. The topological polar surface area (TPSA) is 126 Å². The fraction of sp³-hybridized carbons (Fsp3) is 0.283. The van der Waals surface area contributed by atoms with E-state index in [0.717, 1.165) is 42.4 Å². The summed E-state index contributed by atoms with van der Waals surface area (Å²) >= 11 is 0. The average molecular weight is 782 g/mol. The first-order valence-corrected chi connectivity index (χ1v) is 19.9. The van der Waals surface area contributed by atoms with E-state index in [0.29, 0.717) is 48.0 Å². The van der Waals surface area contributed by atoms with Gasteiger partial charge in [0.1, 0.15) is 11.5 Å². The summed E-state index contributed by atoms with van der Waals surface area (Å²) in [5, 5.41) is 23.0. The number of hydrogen-bond donors (Lipinski definition) is 2. The lowest BCUT2D eigenvalue weighted by atomic mass is 9.93. The molecule has 4 aromatic carbocycles. The Bertz CT molecular complexity index is 2400. The number of nitrogens with one attached hydrogen (secondary N) is 1. The van der Waals surface area contributed by atoms with Crippen molar-refractivity contribution in [1.29, 1.82) is 0 Å². The number of aryl methyl sites for hydroxylation is 1. The molecule has 2 N–H and O–H groups in total. The van der Waals surface area contributed by atoms with Crippen LogP contribution < -0.4 is 5.32 Å². The molecule has 3 heterocycles. The lowest BCUT2D eigenvalue weighted by Gasteiger charge is -2.36. The van der Waals surface area contributed by atoms with Crippen LogP contribution in [0.2, 0.25) is 0 Å². The summed E-state index contributed by atoms with van der Waals surface area (Å²) in [6.45, 7) is 7.32. The lowest BCUT2D eigenvalue weighted by molar-refractivity contribution is 0.0544. The zero-order chi connectivity index (χ0) is 40.8. The maximum Gasteiger partial charge on any atom is 0.274 e. The molecular weight excluding hydrogens is 734 g/mol. The Morgan fingerprint density at radius 3 is 2.21 bits per heavy atom. The van der Waals surface area contributed by atoms with E-state index < -0.39 is 17.8 Å². The van der Waals surface area contributed by atoms with Crippen molar-refractivity contribution in [1.82, 2.24) is 29.4 Å². The number of carbonyl (C=O) groups excluding carboxylic acids is 3. The molecule has 0 saturated heterocycles. The molecule has 2 aromatic heterocycles. The first kappa shape index (κ1) is 39.8. The zero-order valence-corrected chi connectivity index (χ0v) is 33.1. The van der Waals surface area contributed by atoms with Crippen LogP contribution in [0.1, 0.15) is 87.7 Å². The van der Waals surface area contributed by atoms with Crippen LogP contribution in [-0.4, -0.2) is 77.9 Å². The third kappa shape index (κ3) is 8.47. The number of anilines is 1. The molecule has 1 aliphatic rings. The van der Waals surface area contributed by atoms with Crippen LogP contribution in [0.5, 0.6) is 0 Å². The quantitative estimate of drug-likeness (QED) is 0.115. The van der Waals surface area contributed by atoms with Gasteiger partial charge in [-0.2, -0.15) is 10.2 Å². The Morgan fingerprint density at radius 1 is 0.828 bits per heavy atom. The molecule has 1 atom stereocenters. The summed E-state index contributed by atoms with van der Waals surface area (Å²) in [5.41, 5.74) is 5.99. The van der Waals surface area contributed by atoms with Gasteiger partial charge in [0.05, 0.1) is 35.3 Å². The molecule has 0 bridgehead atoms. The van der Waals surface area contributed by atoms with E-state index in [4.69, 9.17) is 10.2 Å². The smallest absolute Gasteiger partial charge is 0.274 e. The third-order valence-corrected chi connectivity index (χ3v) is 10.6. The van der Waals surface area contributed by atoms with E-state index in [9.17, 15) is 23.9 Å². The highest BCUT2D eigenvalue weighted by Crippen LogP contribution is 2.30. The normalized spacial score (nSPS) is 13.6. The standard InChI is InChI=1S/C46H48FN7O4/c1-4-6-23-51(24-7-5-2)46(58)41-25-31(3)53(50-41)42-22-19-36(27-39(42)45(57)52-29-34-16-12-11-15-33(34)26-38(52)30-55)48-44(56)43-28-40(32-13-9-8-10-14-32)49-54(43)37-20-17-35(47)18-21-37/h8-22,25,27-28,38,55H,4-7,23-24,26,29-30H2,1-3H3,(H,48,56). The van der Waals surface area contributed by atoms with Gasteiger partial charge >= 0.3 is 0 Å². The average Bonchev–Trinajstić information content (AvgIpc) is 3.88. The zero-order valence-electron chi connectivity index (χ0n) is 33.1. The summed E-state index contributed by atoms with van der Waals surface area (Å²) in [6.07, 6.45) is 4.15. The van der Waals surface area contributed by atoms with Crippen LogP contribution in [0.25, 0.3) is 22.6 Å². The number of amides is 3. The SMILES string of the molecule is CCCCN(CCCC)C(=O)c1cc(C)n(-c2ccc(NC(=O)c3cc(-c4ccccc4)nn3-c3ccc(F)cc3)cc2C(=O)N2Cc3ccccc3CC2CO)n1. The Balaban J connectivity index is 1.28. The highest BCUT2D eigenvalue weighted by molar-refractivity contribution is 6.06. The molecule has 58 heavy (non-hydrogen) atoms. The van der Waals surface area contributed by atoms with Crippen molar-refractivity contribution in [2.75, 3.05) is 25.0 Å². The van der Waals surface area contributed by atoms with Gasteiger partial charge in [0.25, 0.3) is 17.7 Å². The van der Waals surface area contributed by atoms with Crippen LogP contribution in [0.15, 0.2) is 109 Å². The molecule has 7 rings (SSSR count). The molecule has 11 nitrogen and oxygen atoms in total. The molecule has 0 fully saturated rings. The molecule has 1 aliphatic heterocycles. The number of aliphatic hydroxyl groups is 1. The van der Waals surface area contributed by atoms with Crippen LogP contribution in [0.4, 0.5) is 10.1 Å². The maximum absolute atomic E-state index is 14.8. The van der Waals surface area contributed by atoms with Crippen molar-refractivity contribution in [3.05, 3.63) is 149 Å². The Labute approximate surface area is 337 Å². The molecule has 0 spiro atoms. The Hall–Kier alpha value is -6.40. The Morgan fingerprint density at radius 2 is 1.52 bits per heavy atom. The monoisotopic (exact) mass is 781 g/mol. The number of nitrogens with zero attached hydrogens (tertiary/aromatic N) is 6. The van der Waals surface area contributed by atoms with Crippen molar-refractivity contribution in [2.45, 2.75) is 65.5 Å². The van der Waals surface area contributed by atoms with E-state index in [1.807, 2.05) is 66.4 Å². The summed E-state index contributed by atoms with van der Waals surface area (Å²) in [6, 6.07) is 30.9. The highest BCUT2D eigenvalue weighted by Gasteiger charge is 2.32. The summed E-state index contributed by atoms with van der Waals surface area (Å²) in [7, 11) is 0. The summed E-state index contributed by atoms with van der Waals surface area (Å²) in [4.78, 5) is 46.4. The fourth-order valence-corrected chi connectivity index (χ4v) is 7.38. The van der Waals surface area contributed by atoms with E-state index in [1.54, 1.807) is 52.0 Å². The molecule has 6 aromatic rings. The summed E-state index contributed by atoms with van der Waals surface area (Å²) in [5.74, 6) is -1.45. The van der Waals surface area contributed by atoms with Gasteiger partial charge in [0.15, 0.2) is 5.69 Å². The van der Waals surface area contributed by atoms with Gasteiger partial charge in [0.2, 0.25) is 0 Å². The number of fused-ring (bicyclic) bond motifs is 1. The minimum Gasteiger partial charge on any atom is -0.394 e. The van der Waals surface area contributed by atoms with Crippen LogP contribution in [-0.2, 0) is 13.0 Å². The van der Waals surface area contributed by atoms with Crippen molar-refractivity contribution in [3.8, 4) is 22.6 Å². The number of benzene rings is 4. The van der Waals surface area contributed by atoms with Gasteiger partial charge in [-0.15, -0.1) is 0 Å². The second kappa shape index (κ2) is 17.8. The highest BCUT2D eigenvalue weighted by atomic mass is 19.1. The molecular formula is C46H48FN7O4. The van der Waals surface area contributed by atoms with Crippen molar-refractivity contribution in [3.63, 3.8) is 0 Å². The fourth-order valence-electron chi connectivity index (χ4n) is 7.38. The van der Waals surface area contributed by atoms with Crippen LogP contribution >= 0.6 is 0 Å². The summed E-state index contributed by atoms with van der Waals surface area (Å²) < 4.78 is 17.0. The predicted molar refractivity (Wildman–Crippen MR) is 222 cm³/mol. The Kier molecular flexibility index (Phi) is 12.2. The molecule has 1 unspecified atom stereocenters. The van der Waals surface area contributed by atoms with Gasteiger partial charge in [-0.1, -0.05) is 81.3 Å². The molecule has 0 saturated carbocycles. The van der Waals surface area contributed by atoms with Crippen molar-refractivity contribution < 1.29 is 23.9 Å².